The van der Waals surface area contributed by atoms with Crippen LogP contribution in [0.4, 0.5) is 23.1 Å². The molecule has 0 saturated carbocycles. The van der Waals surface area contributed by atoms with E-state index in [1.165, 1.54) is 12.3 Å². The Balaban J connectivity index is 1.69. The number of para-hydroxylation sites is 1. The maximum absolute atomic E-state index is 12.9. The predicted molar refractivity (Wildman–Crippen MR) is 163 cm³/mol. The highest BCUT2D eigenvalue weighted by atomic mass is 35.5. The summed E-state index contributed by atoms with van der Waals surface area (Å²) in [4.78, 5) is 23.7. The molecule has 1 saturated heterocycles. The van der Waals surface area contributed by atoms with Gasteiger partial charge in [0, 0.05) is 36.4 Å². The number of carbonyl (C=O) groups is 1. The van der Waals surface area contributed by atoms with Gasteiger partial charge in [0.2, 0.25) is 11.9 Å². The Morgan fingerprint density at radius 3 is 2.48 bits per heavy atom. The lowest BCUT2D eigenvalue weighted by Gasteiger charge is -2.27. The number of rotatable bonds is 12. The number of anilines is 4. The molecule has 2 heterocycles. The number of halogens is 1. The summed E-state index contributed by atoms with van der Waals surface area (Å²) in [6.07, 6.45) is 1.38. The number of benzene rings is 2. The molecule has 2 aromatic carbocycles. The van der Waals surface area contributed by atoms with E-state index in [0.717, 1.165) is 24.2 Å². The van der Waals surface area contributed by atoms with Crippen molar-refractivity contribution in [2.45, 2.75) is 57.1 Å². The molecule has 0 aliphatic carbocycles. The molecule has 42 heavy (non-hydrogen) atoms. The standard InChI is InChI=1S/C29H37ClN6O5S/c1-18(2)41-17-21-13-20(16-36-9-11-40-12-10-36)22(27(31)37)14-25(21)34-29-32-15-23(30)28(35-29)33-24-7-5-6-8-26(24)42(38,39)19(3)4/h5-8,13-15,18-19H,9-12,16-17H2,1-4H3,(H2,31,37)(H2,32,33,34,35). The van der Waals surface area contributed by atoms with Crippen LogP contribution < -0.4 is 16.4 Å². The Morgan fingerprint density at radius 2 is 1.81 bits per heavy atom. The summed E-state index contributed by atoms with van der Waals surface area (Å²) < 4.78 is 37.3. The molecule has 4 rings (SSSR count). The fraction of sp³-hybridized carbons (Fsp3) is 0.414. The lowest BCUT2D eigenvalue weighted by molar-refractivity contribution is 0.0340. The largest absolute Gasteiger partial charge is 0.379 e. The minimum Gasteiger partial charge on any atom is -0.379 e. The van der Waals surface area contributed by atoms with Crippen LogP contribution in [0.3, 0.4) is 0 Å². The van der Waals surface area contributed by atoms with Gasteiger partial charge in [-0.25, -0.2) is 13.4 Å². The summed E-state index contributed by atoms with van der Waals surface area (Å²) >= 11 is 6.41. The first-order valence-corrected chi connectivity index (χ1v) is 15.6. The highest BCUT2D eigenvalue weighted by molar-refractivity contribution is 7.92. The zero-order valence-corrected chi connectivity index (χ0v) is 25.8. The van der Waals surface area contributed by atoms with Crippen LogP contribution in [-0.2, 0) is 32.5 Å². The summed E-state index contributed by atoms with van der Waals surface area (Å²) in [5, 5.41) is 5.81. The van der Waals surface area contributed by atoms with Gasteiger partial charge in [0.1, 0.15) is 5.02 Å². The molecule has 0 radical (unpaired) electrons. The van der Waals surface area contributed by atoms with Gasteiger partial charge in [-0.05, 0) is 57.5 Å². The molecule has 1 aliphatic rings. The van der Waals surface area contributed by atoms with E-state index in [9.17, 15) is 13.2 Å². The lowest BCUT2D eigenvalue weighted by atomic mass is 10.0. The molecule has 4 N–H and O–H groups in total. The van der Waals surface area contributed by atoms with E-state index in [4.69, 9.17) is 26.8 Å². The van der Waals surface area contributed by atoms with E-state index in [0.29, 0.717) is 36.7 Å². The van der Waals surface area contributed by atoms with Crippen LogP contribution in [0.5, 0.6) is 0 Å². The molecule has 226 valence electrons. The van der Waals surface area contributed by atoms with Crippen LogP contribution in [0.25, 0.3) is 0 Å². The van der Waals surface area contributed by atoms with Gasteiger partial charge in [-0.2, -0.15) is 4.98 Å². The van der Waals surface area contributed by atoms with Gasteiger partial charge in [-0.1, -0.05) is 23.7 Å². The number of ether oxygens (including phenoxy) is 2. The van der Waals surface area contributed by atoms with Crippen molar-refractivity contribution in [2.75, 3.05) is 36.9 Å². The fourth-order valence-corrected chi connectivity index (χ4v) is 5.72. The number of aromatic nitrogens is 2. The van der Waals surface area contributed by atoms with Gasteiger partial charge in [-0.3, -0.25) is 9.69 Å². The van der Waals surface area contributed by atoms with E-state index in [1.807, 2.05) is 19.9 Å². The normalized spacial score (nSPS) is 14.4. The number of amides is 1. The molecule has 0 atom stereocenters. The molecule has 1 aliphatic heterocycles. The maximum atomic E-state index is 12.9. The minimum atomic E-state index is -3.58. The van der Waals surface area contributed by atoms with Crippen molar-refractivity contribution in [3.8, 4) is 0 Å². The van der Waals surface area contributed by atoms with Crippen LogP contribution >= 0.6 is 11.6 Å². The molecule has 0 bridgehead atoms. The first-order chi connectivity index (χ1) is 20.0. The van der Waals surface area contributed by atoms with Crippen LogP contribution in [0.15, 0.2) is 47.5 Å². The fourth-order valence-electron chi connectivity index (χ4n) is 4.38. The Kier molecular flexibility index (Phi) is 10.4. The average Bonchev–Trinajstić information content (AvgIpc) is 2.95. The monoisotopic (exact) mass is 616 g/mol. The third-order valence-electron chi connectivity index (χ3n) is 6.72. The van der Waals surface area contributed by atoms with Crippen molar-refractivity contribution in [1.29, 1.82) is 0 Å². The van der Waals surface area contributed by atoms with Crippen molar-refractivity contribution in [1.82, 2.24) is 14.9 Å². The molecule has 0 spiro atoms. The third-order valence-corrected chi connectivity index (χ3v) is 9.21. The second-order valence-electron chi connectivity index (χ2n) is 10.5. The Morgan fingerprint density at radius 1 is 1.10 bits per heavy atom. The van der Waals surface area contributed by atoms with Crippen molar-refractivity contribution in [3.05, 3.63) is 64.3 Å². The average molecular weight is 617 g/mol. The number of nitrogens with zero attached hydrogens (tertiary/aromatic N) is 3. The van der Waals surface area contributed by atoms with Gasteiger partial charge in [0.05, 0.1) is 48.0 Å². The number of hydrogen-bond acceptors (Lipinski definition) is 10. The zero-order chi connectivity index (χ0) is 30.4. The van der Waals surface area contributed by atoms with Crippen molar-refractivity contribution < 1.29 is 22.7 Å². The predicted octanol–water partition coefficient (Wildman–Crippen LogP) is 4.66. The molecule has 1 amide bonds. The first-order valence-electron chi connectivity index (χ1n) is 13.7. The van der Waals surface area contributed by atoms with Gasteiger partial charge in [-0.15, -0.1) is 0 Å². The van der Waals surface area contributed by atoms with E-state index >= 15 is 0 Å². The van der Waals surface area contributed by atoms with Crippen LogP contribution in [0.2, 0.25) is 5.02 Å². The highest BCUT2D eigenvalue weighted by Gasteiger charge is 2.24. The Bertz CT molecular complexity index is 1530. The molecule has 0 unspecified atom stereocenters. The molecule has 1 aromatic heterocycles. The van der Waals surface area contributed by atoms with Gasteiger partial charge in [0.25, 0.3) is 0 Å². The highest BCUT2D eigenvalue weighted by Crippen LogP contribution is 2.32. The summed E-state index contributed by atoms with van der Waals surface area (Å²) in [7, 11) is -3.58. The molecular formula is C29H37ClN6O5S. The van der Waals surface area contributed by atoms with Gasteiger partial charge < -0.3 is 25.8 Å². The number of carbonyl (C=O) groups excluding carboxylic acids is 1. The van der Waals surface area contributed by atoms with E-state index in [1.54, 1.807) is 38.1 Å². The van der Waals surface area contributed by atoms with Crippen LogP contribution in [-0.4, -0.2) is 66.9 Å². The molecule has 1 fully saturated rings. The van der Waals surface area contributed by atoms with Crippen LogP contribution in [0, 0.1) is 0 Å². The molecule has 11 nitrogen and oxygen atoms in total. The smallest absolute Gasteiger partial charge is 0.249 e. The quantitative estimate of drug-likeness (QED) is 0.262. The number of sulfone groups is 1. The van der Waals surface area contributed by atoms with E-state index in [-0.39, 0.29) is 34.4 Å². The Hall–Kier alpha value is -3.29. The van der Waals surface area contributed by atoms with Crippen molar-refractivity contribution >= 4 is 50.5 Å². The third kappa shape index (κ3) is 7.75. The number of nitrogens with two attached hydrogens (primary N) is 1. The summed E-state index contributed by atoms with van der Waals surface area (Å²) in [6.45, 7) is 10.7. The van der Waals surface area contributed by atoms with E-state index in [2.05, 4.69) is 25.5 Å². The Labute approximate surface area is 251 Å². The number of morpholine rings is 1. The van der Waals surface area contributed by atoms with Crippen molar-refractivity contribution in [2.24, 2.45) is 5.73 Å². The van der Waals surface area contributed by atoms with E-state index < -0.39 is 21.0 Å². The lowest BCUT2D eigenvalue weighted by Crippen LogP contribution is -2.36. The number of primary amides is 1. The van der Waals surface area contributed by atoms with Gasteiger partial charge in [0.15, 0.2) is 15.7 Å². The van der Waals surface area contributed by atoms with Crippen molar-refractivity contribution in [3.63, 3.8) is 0 Å². The van der Waals surface area contributed by atoms with Crippen LogP contribution in [0.1, 0.15) is 49.2 Å². The maximum Gasteiger partial charge on any atom is 0.249 e. The SMILES string of the molecule is CC(C)OCc1cc(CN2CCOCC2)c(C(N)=O)cc1Nc1ncc(Cl)c(Nc2ccccc2S(=O)(=O)C(C)C)n1. The summed E-state index contributed by atoms with van der Waals surface area (Å²) in [5.41, 5.74) is 8.65. The van der Waals surface area contributed by atoms with Gasteiger partial charge >= 0.3 is 0 Å². The molecule has 13 heteroatoms. The molecule has 3 aromatic rings. The summed E-state index contributed by atoms with van der Waals surface area (Å²) in [6, 6.07) is 10.2. The minimum absolute atomic E-state index is 0.0267. The second kappa shape index (κ2) is 13.8. The number of nitrogens with one attached hydrogen (secondary N) is 2. The topological polar surface area (TPSA) is 149 Å². The first kappa shape index (κ1) is 31.6. The number of hydrogen-bond donors (Lipinski definition) is 3. The molecular weight excluding hydrogens is 580 g/mol. The zero-order valence-electron chi connectivity index (χ0n) is 24.2. The second-order valence-corrected chi connectivity index (χ2v) is 13.4. The summed E-state index contributed by atoms with van der Waals surface area (Å²) in [5.74, 6) is -0.173.